The number of carbonyl (C=O) groups is 2. The van der Waals surface area contributed by atoms with Gasteiger partial charge in [-0.2, -0.15) is 0 Å². The van der Waals surface area contributed by atoms with Gasteiger partial charge in [-0.1, -0.05) is 18.0 Å². The van der Waals surface area contributed by atoms with Crippen molar-refractivity contribution in [3.63, 3.8) is 0 Å². The monoisotopic (exact) mass is 310 g/mol. The van der Waals surface area contributed by atoms with Crippen LogP contribution in [0.1, 0.15) is 29.6 Å². The van der Waals surface area contributed by atoms with Gasteiger partial charge in [0.1, 0.15) is 13.2 Å². The lowest BCUT2D eigenvalue weighted by molar-refractivity contribution is -0.142. The number of benzene rings is 1. The summed E-state index contributed by atoms with van der Waals surface area (Å²) in [5.41, 5.74) is 0.319. The van der Waals surface area contributed by atoms with Crippen molar-refractivity contribution >= 4 is 23.4 Å². The summed E-state index contributed by atoms with van der Waals surface area (Å²) >= 11 is 6.16. The zero-order valence-corrected chi connectivity index (χ0v) is 12.1. The van der Waals surface area contributed by atoms with Crippen LogP contribution in [0.15, 0.2) is 12.1 Å². The molecule has 2 unspecified atom stereocenters. The number of rotatable bonds is 3. The molecule has 112 valence electrons. The Morgan fingerprint density at radius 2 is 1.71 bits per heavy atom. The minimum atomic E-state index is -0.917. The van der Waals surface area contributed by atoms with E-state index in [-0.39, 0.29) is 10.8 Å². The Bertz CT molecular complexity index is 598. The lowest BCUT2D eigenvalue weighted by Crippen LogP contribution is -2.26. The van der Waals surface area contributed by atoms with E-state index in [0.717, 1.165) is 6.42 Å². The summed E-state index contributed by atoms with van der Waals surface area (Å²) < 4.78 is 10.9. The fourth-order valence-electron chi connectivity index (χ4n) is 3.02. The van der Waals surface area contributed by atoms with Crippen LogP contribution >= 0.6 is 11.6 Å². The van der Waals surface area contributed by atoms with Crippen LogP contribution < -0.4 is 9.47 Å². The minimum Gasteiger partial charge on any atom is -0.486 e. The molecular formula is C15H15ClO5. The second-order valence-corrected chi connectivity index (χ2v) is 5.73. The van der Waals surface area contributed by atoms with Crippen molar-refractivity contribution < 1.29 is 24.2 Å². The lowest BCUT2D eigenvalue weighted by atomic mass is 9.88. The largest absolute Gasteiger partial charge is 0.486 e. The van der Waals surface area contributed by atoms with E-state index in [0.29, 0.717) is 43.1 Å². The topological polar surface area (TPSA) is 72.8 Å². The van der Waals surface area contributed by atoms with Crippen molar-refractivity contribution in [2.24, 2.45) is 11.8 Å². The van der Waals surface area contributed by atoms with E-state index in [1.807, 2.05) is 0 Å². The predicted molar refractivity (Wildman–Crippen MR) is 75.2 cm³/mol. The average Bonchev–Trinajstić information content (AvgIpc) is 2.95. The Hall–Kier alpha value is -1.75. The molecule has 5 nitrogen and oxygen atoms in total. The molecule has 1 heterocycles. The van der Waals surface area contributed by atoms with Gasteiger partial charge in [0.25, 0.3) is 0 Å². The normalized spacial score (nSPS) is 23.9. The molecule has 3 rings (SSSR count). The molecule has 0 saturated heterocycles. The number of fused-ring (bicyclic) bond motifs is 1. The second-order valence-electron chi connectivity index (χ2n) is 5.32. The molecule has 1 N–H and O–H groups in total. The molecule has 1 aromatic carbocycles. The average molecular weight is 311 g/mol. The van der Waals surface area contributed by atoms with Crippen LogP contribution in [0.5, 0.6) is 11.5 Å². The molecule has 1 saturated carbocycles. The maximum atomic E-state index is 12.6. The van der Waals surface area contributed by atoms with Crippen molar-refractivity contribution in [3.8, 4) is 11.5 Å². The number of ether oxygens (including phenoxy) is 2. The highest BCUT2D eigenvalue weighted by Gasteiger charge is 2.39. The van der Waals surface area contributed by atoms with Gasteiger partial charge in [0.15, 0.2) is 17.3 Å². The van der Waals surface area contributed by atoms with Crippen molar-refractivity contribution in [1.29, 1.82) is 0 Å². The van der Waals surface area contributed by atoms with Gasteiger partial charge in [0, 0.05) is 17.5 Å². The Balaban J connectivity index is 1.92. The first-order chi connectivity index (χ1) is 10.1. The Morgan fingerprint density at radius 1 is 1.10 bits per heavy atom. The summed E-state index contributed by atoms with van der Waals surface area (Å²) in [5.74, 6) is -1.27. The molecule has 1 aliphatic carbocycles. The van der Waals surface area contributed by atoms with Gasteiger partial charge in [-0.15, -0.1) is 0 Å². The third-order valence-corrected chi connectivity index (χ3v) is 4.38. The second kappa shape index (κ2) is 5.56. The Morgan fingerprint density at radius 3 is 2.38 bits per heavy atom. The van der Waals surface area contributed by atoms with E-state index >= 15 is 0 Å². The van der Waals surface area contributed by atoms with Crippen LogP contribution in [-0.2, 0) is 4.79 Å². The molecule has 6 heteroatoms. The number of halogens is 1. The van der Waals surface area contributed by atoms with Crippen LogP contribution in [-0.4, -0.2) is 30.1 Å². The Labute approximate surface area is 126 Å². The molecule has 0 aromatic heterocycles. The molecule has 0 spiro atoms. The smallest absolute Gasteiger partial charge is 0.307 e. The minimum absolute atomic E-state index is 0.220. The molecule has 2 atom stereocenters. The summed E-state index contributed by atoms with van der Waals surface area (Å²) in [5, 5.41) is 9.49. The maximum Gasteiger partial charge on any atom is 0.307 e. The summed E-state index contributed by atoms with van der Waals surface area (Å²) in [6.45, 7) is 0.865. The number of ketones is 1. The highest BCUT2D eigenvalue weighted by Crippen LogP contribution is 2.40. The third-order valence-electron chi connectivity index (χ3n) is 4.07. The van der Waals surface area contributed by atoms with Crippen molar-refractivity contribution in [1.82, 2.24) is 0 Å². The SMILES string of the molecule is O=C(O)C1CCCC1C(=O)c1cc2c(cc1Cl)OCCO2. The number of carboxylic acids is 1. The van der Waals surface area contributed by atoms with Crippen molar-refractivity contribution in [2.45, 2.75) is 19.3 Å². The van der Waals surface area contributed by atoms with E-state index < -0.39 is 17.8 Å². The van der Waals surface area contributed by atoms with Crippen LogP contribution in [0.25, 0.3) is 0 Å². The molecule has 2 aliphatic rings. The number of carboxylic acid groups (broad SMARTS) is 1. The number of hydrogen-bond acceptors (Lipinski definition) is 4. The summed E-state index contributed by atoms with van der Waals surface area (Å²) in [6, 6.07) is 3.13. The van der Waals surface area contributed by atoms with Crippen LogP contribution in [0.2, 0.25) is 5.02 Å². The fraction of sp³-hybridized carbons (Fsp3) is 0.467. The van der Waals surface area contributed by atoms with Gasteiger partial charge in [-0.25, -0.2) is 0 Å². The summed E-state index contributed by atoms with van der Waals surface area (Å²) in [4.78, 5) is 23.9. The van der Waals surface area contributed by atoms with Crippen LogP contribution in [0.3, 0.4) is 0 Å². The van der Waals surface area contributed by atoms with Crippen molar-refractivity contribution in [2.75, 3.05) is 13.2 Å². The van der Waals surface area contributed by atoms with Crippen LogP contribution in [0, 0.1) is 11.8 Å². The van der Waals surface area contributed by atoms with Gasteiger partial charge in [0.05, 0.1) is 10.9 Å². The molecule has 1 aliphatic heterocycles. The van der Waals surface area contributed by atoms with E-state index in [4.69, 9.17) is 21.1 Å². The number of carbonyl (C=O) groups excluding carboxylic acids is 1. The third kappa shape index (κ3) is 2.58. The van der Waals surface area contributed by atoms with Crippen LogP contribution in [0.4, 0.5) is 0 Å². The first-order valence-electron chi connectivity index (χ1n) is 6.94. The van der Waals surface area contributed by atoms with E-state index in [2.05, 4.69) is 0 Å². The fourth-order valence-corrected chi connectivity index (χ4v) is 3.27. The van der Waals surface area contributed by atoms with Gasteiger partial charge >= 0.3 is 5.97 Å². The van der Waals surface area contributed by atoms with E-state index in [9.17, 15) is 14.7 Å². The lowest BCUT2D eigenvalue weighted by Gasteiger charge is -2.21. The number of Topliss-reactive ketones (excluding diaryl/α,β-unsaturated/α-hetero) is 1. The predicted octanol–water partition coefficient (Wildman–Crippen LogP) is 2.79. The molecule has 0 radical (unpaired) electrons. The highest BCUT2D eigenvalue weighted by molar-refractivity contribution is 6.34. The van der Waals surface area contributed by atoms with E-state index in [1.165, 1.54) is 0 Å². The number of hydrogen-bond donors (Lipinski definition) is 1. The van der Waals surface area contributed by atoms with Gasteiger partial charge in [-0.05, 0) is 18.9 Å². The molecular weight excluding hydrogens is 296 g/mol. The standard InChI is InChI=1S/C15H15ClO5/c16-11-7-13-12(20-4-5-21-13)6-10(11)14(17)8-2-1-3-9(8)15(18)19/h6-9H,1-5H2,(H,18,19). The molecule has 1 fully saturated rings. The molecule has 21 heavy (non-hydrogen) atoms. The zero-order chi connectivity index (χ0) is 15.0. The summed E-state index contributed by atoms with van der Waals surface area (Å²) in [6.07, 6.45) is 1.87. The van der Waals surface area contributed by atoms with Gasteiger partial charge in [-0.3, -0.25) is 9.59 Å². The van der Waals surface area contributed by atoms with Gasteiger partial charge < -0.3 is 14.6 Å². The van der Waals surface area contributed by atoms with Crippen molar-refractivity contribution in [3.05, 3.63) is 22.7 Å². The number of aliphatic carboxylic acids is 1. The first-order valence-corrected chi connectivity index (χ1v) is 7.32. The first kappa shape index (κ1) is 14.2. The zero-order valence-electron chi connectivity index (χ0n) is 11.3. The highest BCUT2D eigenvalue weighted by atomic mass is 35.5. The summed E-state index contributed by atoms with van der Waals surface area (Å²) in [7, 11) is 0. The quantitative estimate of drug-likeness (QED) is 0.869. The maximum absolute atomic E-state index is 12.6. The van der Waals surface area contributed by atoms with Gasteiger partial charge in [0.2, 0.25) is 0 Å². The molecule has 1 aromatic rings. The van der Waals surface area contributed by atoms with E-state index in [1.54, 1.807) is 12.1 Å². The molecule has 0 amide bonds. The molecule has 0 bridgehead atoms. The Kier molecular flexibility index (Phi) is 3.76.